The lowest BCUT2D eigenvalue weighted by Crippen LogP contribution is -2.29. The molecular weight excluding hydrogens is 336 g/mol. The van der Waals surface area contributed by atoms with Crippen LogP contribution in [0.15, 0.2) is 46.9 Å². The number of hydrogen-bond acceptors (Lipinski definition) is 2. The second-order valence-corrected chi connectivity index (χ2v) is 5.97. The predicted octanol–water partition coefficient (Wildman–Crippen LogP) is 4.61. The van der Waals surface area contributed by atoms with Gasteiger partial charge in [0.1, 0.15) is 0 Å². The molecule has 0 heterocycles. The Morgan fingerprint density at radius 3 is 2.50 bits per heavy atom. The second kappa shape index (κ2) is 7.23. The zero-order valence-electron chi connectivity index (χ0n) is 11.4. The van der Waals surface area contributed by atoms with Crippen LogP contribution in [0.1, 0.15) is 36.1 Å². The van der Waals surface area contributed by atoms with Crippen molar-refractivity contribution in [2.75, 3.05) is 0 Å². The zero-order chi connectivity index (χ0) is 14.5. The van der Waals surface area contributed by atoms with Crippen LogP contribution in [0.3, 0.4) is 0 Å². The Labute approximate surface area is 133 Å². The summed E-state index contributed by atoms with van der Waals surface area (Å²) in [5.41, 5.74) is 6.26. The van der Waals surface area contributed by atoms with E-state index < -0.39 is 0 Å². The lowest BCUT2D eigenvalue weighted by molar-refractivity contribution is 0.636. The highest BCUT2D eigenvalue weighted by Crippen LogP contribution is 2.33. The van der Waals surface area contributed by atoms with E-state index in [2.05, 4.69) is 52.5 Å². The second-order valence-electron chi connectivity index (χ2n) is 4.73. The van der Waals surface area contributed by atoms with Gasteiger partial charge in [-0.15, -0.1) is 0 Å². The first-order chi connectivity index (χ1) is 9.67. The molecule has 3 N–H and O–H groups in total. The number of aryl methyl sites for hydroxylation is 1. The van der Waals surface area contributed by atoms with Gasteiger partial charge in [0.05, 0.1) is 11.1 Å². The van der Waals surface area contributed by atoms with Crippen LogP contribution in [0.5, 0.6) is 0 Å². The summed E-state index contributed by atoms with van der Waals surface area (Å²) >= 11 is 9.80. The molecule has 0 spiro atoms. The van der Waals surface area contributed by atoms with Crippen molar-refractivity contribution in [1.29, 1.82) is 0 Å². The lowest BCUT2D eigenvalue weighted by atomic mass is 9.97. The third kappa shape index (κ3) is 3.41. The third-order valence-corrected chi connectivity index (χ3v) is 4.62. The van der Waals surface area contributed by atoms with E-state index in [1.807, 2.05) is 18.2 Å². The quantitative estimate of drug-likeness (QED) is 0.608. The number of benzene rings is 2. The van der Waals surface area contributed by atoms with E-state index in [1.165, 1.54) is 5.56 Å². The van der Waals surface area contributed by atoms with Gasteiger partial charge in [-0.25, -0.2) is 5.43 Å². The number of rotatable bonds is 5. The van der Waals surface area contributed by atoms with Gasteiger partial charge in [-0.1, -0.05) is 61.3 Å². The molecule has 0 saturated carbocycles. The number of nitrogens with one attached hydrogen (secondary N) is 1. The summed E-state index contributed by atoms with van der Waals surface area (Å²) in [5.74, 6) is 5.73. The molecule has 2 aromatic carbocycles. The summed E-state index contributed by atoms with van der Waals surface area (Å²) in [4.78, 5) is 0. The summed E-state index contributed by atoms with van der Waals surface area (Å²) in [7, 11) is 0. The van der Waals surface area contributed by atoms with Crippen molar-refractivity contribution >= 4 is 27.5 Å². The molecule has 4 heteroatoms. The molecule has 20 heavy (non-hydrogen) atoms. The van der Waals surface area contributed by atoms with Crippen LogP contribution in [0.4, 0.5) is 0 Å². The van der Waals surface area contributed by atoms with Gasteiger partial charge < -0.3 is 0 Å². The first-order valence-corrected chi connectivity index (χ1v) is 7.83. The minimum Gasteiger partial charge on any atom is -0.271 e. The van der Waals surface area contributed by atoms with Crippen molar-refractivity contribution in [3.8, 4) is 0 Å². The summed E-state index contributed by atoms with van der Waals surface area (Å²) < 4.78 is 0.875. The molecule has 2 rings (SSSR count). The Balaban J connectivity index is 2.34. The average molecular weight is 354 g/mol. The Bertz CT molecular complexity index is 569. The minimum atomic E-state index is -0.115. The summed E-state index contributed by atoms with van der Waals surface area (Å²) in [6.07, 6.45) is 2.24. The van der Waals surface area contributed by atoms with Crippen molar-refractivity contribution in [3.63, 3.8) is 0 Å². The van der Waals surface area contributed by atoms with Crippen molar-refractivity contribution < 1.29 is 0 Å². The Morgan fingerprint density at radius 2 is 1.90 bits per heavy atom. The molecule has 0 fully saturated rings. The van der Waals surface area contributed by atoms with Crippen molar-refractivity contribution in [2.24, 2.45) is 5.84 Å². The van der Waals surface area contributed by atoms with E-state index in [0.29, 0.717) is 5.02 Å². The van der Waals surface area contributed by atoms with E-state index >= 15 is 0 Å². The van der Waals surface area contributed by atoms with Gasteiger partial charge >= 0.3 is 0 Å². The molecule has 2 aromatic rings. The molecule has 2 nitrogen and oxygen atoms in total. The minimum absolute atomic E-state index is 0.115. The molecule has 1 atom stereocenters. The number of hydrazine groups is 1. The normalized spacial score (nSPS) is 12.4. The van der Waals surface area contributed by atoms with Crippen LogP contribution in [0, 0.1) is 0 Å². The molecule has 106 valence electrons. The van der Waals surface area contributed by atoms with Gasteiger partial charge in [0.2, 0.25) is 0 Å². The summed E-state index contributed by atoms with van der Waals surface area (Å²) in [5, 5.41) is 0.688. The molecule has 0 aliphatic heterocycles. The number of hydrogen-bond donors (Lipinski definition) is 2. The fourth-order valence-electron chi connectivity index (χ4n) is 2.27. The SMILES string of the molecule is CCCc1ccc(C(NN)c2cccc(Br)c2Cl)cc1. The van der Waals surface area contributed by atoms with Crippen LogP contribution in [-0.2, 0) is 6.42 Å². The van der Waals surface area contributed by atoms with E-state index in [1.54, 1.807) is 0 Å². The van der Waals surface area contributed by atoms with E-state index in [9.17, 15) is 0 Å². The first-order valence-electron chi connectivity index (χ1n) is 6.66. The topological polar surface area (TPSA) is 38.0 Å². The molecular formula is C16H18BrClN2. The highest BCUT2D eigenvalue weighted by molar-refractivity contribution is 9.10. The Morgan fingerprint density at radius 1 is 1.20 bits per heavy atom. The van der Waals surface area contributed by atoms with Crippen molar-refractivity contribution in [1.82, 2.24) is 5.43 Å². The van der Waals surface area contributed by atoms with Gasteiger partial charge in [0.25, 0.3) is 0 Å². The molecule has 0 radical (unpaired) electrons. The van der Waals surface area contributed by atoms with Gasteiger partial charge in [-0.3, -0.25) is 5.84 Å². The van der Waals surface area contributed by atoms with Crippen LogP contribution >= 0.6 is 27.5 Å². The molecule has 0 amide bonds. The van der Waals surface area contributed by atoms with Gasteiger partial charge in [0, 0.05) is 4.47 Å². The molecule has 0 aliphatic carbocycles. The maximum Gasteiger partial charge on any atom is 0.0724 e. The average Bonchev–Trinajstić information content (AvgIpc) is 2.46. The van der Waals surface area contributed by atoms with Crippen molar-refractivity contribution in [3.05, 3.63) is 68.7 Å². The summed E-state index contributed by atoms with van der Waals surface area (Å²) in [6.45, 7) is 2.18. The Kier molecular flexibility index (Phi) is 5.61. The van der Waals surface area contributed by atoms with Gasteiger partial charge in [-0.05, 0) is 45.1 Å². The highest BCUT2D eigenvalue weighted by Gasteiger charge is 2.16. The van der Waals surface area contributed by atoms with Gasteiger partial charge in [-0.2, -0.15) is 0 Å². The standard InChI is InChI=1S/C16H18BrClN2/c1-2-4-11-7-9-12(10-8-11)16(20-19)13-5-3-6-14(17)15(13)18/h3,5-10,16,20H,2,4,19H2,1H3. The number of halogens is 2. The maximum absolute atomic E-state index is 6.36. The fourth-order valence-corrected chi connectivity index (χ4v) is 2.89. The molecule has 0 aliphatic rings. The molecule has 1 unspecified atom stereocenters. The predicted molar refractivity (Wildman–Crippen MR) is 88.8 cm³/mol. The molecule has 0 saturated heterocycles. The largest absolute Gasteiger partial charge is 0.271 e. The molecule has 0 bridgehead atoms. The highest BCUT2D eigenvalue weighted by atomic mass is 79.9. The lowest BCUT2D eigenvalue weighted by Gasteiger charge is -2.19. The maximum atomic E-state index is 6.36. The van der Waals surface area contributed by atoms with E-state index in [0.717, 1.165) is 28.4 Å². The fraction of sp³-hybridized carbons (Fsp3) is 0.250. The molecule has 0 aromatic heterocycles. The number of nitrogens with two attached hydrogens (primary N) is 1. The Hall–Kier alpha value is -0.870. The monoisotopic (exact) mass is 352 g/mol. The van der Waals surface area contributed by atoms with Crippen LogP contribution in [0.2, 0.25) is 5.02 Å². The van der Waals surface area contributed by atoms with E-state index in [-0.39, 0.29) is 6.04 Å². The third-order valence-electron chi connectivity index (χ3n) is 3.31. The van der Waals surface area contributed by atoms with Gasteiger partial charge in [0.15, 0.2) is 0 Å². The first kappa shape index (κ1) is 15.5. The van der Waals surface area contributed by atoms with Crippen LogP contribution in [-0.4, -0.2) is 0 Å². The zero-order valence-corrected chi connectivity index (χ0v) is 13.7. The smallest absolute Gasteiger partial charge is 0.0724 e. The van der Waals surface area contributed by atoms with E-state index in [4.69, 9.17) is 17.4 Å². The van der Waals surface area contributed by atoms with Crippen molar-refractivity contribution in [2.45, 2.75) is 25.8 Å². The van der Waals surface area contributed by atoms with Crippen LogP contribution < -0.4 is 11.3 Å². The summed E-state index contributed by atoms with van der Waals surface area (Å²) in [6, 6.07) is 14.3. The van der Waals surface area contributed by atoms with Crippen LogP contribution in [0.25, 0.3) is 0 Å².